The molecule has 0 atom stereocenters. The largest absolute Gasteiger partial charge is 0.493 e. The molecule has 0 spiro atoms. The van der Waals surface area contributed by atoms with E-state index in [1.165, 1.54) is 30.3 Å². The SMILES string of the molecule is CCOc1ccccc1/C=C(\C#N)C(=O)Nc1ccc(F)cc1. The molecule has 2 aromatic rings. The number of para-hydroxylation sites is 1. The monoisotopic (exact) mass is 310 g/mol. The van der Waals surface area contributed by atoms with Crippen LogP contribution in [0, 0.1) is 17.1 Å². The van der Waals surface area contributed by atoms with Crippen molar-refractivity contribution >= 4 is 17.7 Å². The number of anilines is 1. The fourth-order valence-electron chi connectivity index (χ4n) is 1.92. The number of rotatable bonds is 5. The summed E-state index contributed by atoms with van der Waals surface area (Å²) in [5.74, 6) is -0.368. The number of hydrogen-bond donors (Lipinski definition) is 1. The van der Waals surface area contributed by atoms with Gasteiger partial charge in [-0.2, -0.15) is 5.26 Å². The number of nitriles is 1. The molecule has 0 radical (unpaired) electrons. The Morgan fingerprint density at radius 1 is 1.26 bits per heavy atom. The summed E-state index contributed by atoms with van der Waals surface area (Å²) in [4.78, 5) is 12.2. The lowest BCUT2D eigenvalue weighted by Crippen LogP contribution is -2.13. The first kappa shape index (κ1) is 16.2. The number of carbonyl (C=O) groups excluding carboxylic acids is 1. The average Bonchev–Trinajstić information content (AvgIpc) is 2.56. The zero-order valence-electron chi connectivity index (χ0n) is 12.5. The number of halogens is 1. The minimum Gasteiger partial charge on any atom is -0.493 e. The minimum atomic E-state index is -0.564. The van der Waals surface area contributed by atoms with E-state index in [9.17, 15) is 14.4 Å². The van der Waals surface area contributed by atoms with Gasteiger partial charge in [-0.15, -0.1) is 0 Å². The maximum atomic E-state index is 12.9. The lowest BCUT2D eigenvalue weighted by Gasteiger charge is -2.08. The second kappa shape index (κ2) is 7.76. The van der Waals surface area contributed by atoms with E-state index in [1.807, 2.05) is 19.1 Å². The Kier molecular flexibility index (Phi) is 5.48. The molecule has 1 N–H and O–H groups in total. The third-order valence-corrected chi connectivity index (χ3v) is 2.99. The number of carbonyl (C=O) groups is 1. The highest BCUT2D eigenvalue weighted by Crippen LogP contribution is 2.21. The van der Waals surface area contributed by atoms with Crippen LogP contribution in [0.3, 0.4) is 0 Å². The predicted molar refractivity (Wildman–Crippen MR) is 86.2 cm³/mol. The van der Waals surface area contributed by atoms with E-state index in [2.05, 4.69) is 5.32 Å². The number of ether oxygens (including phenoxy) is 1. The molecule has 0 aliphatic rings. The van der Waals surface area contributed by atoms with Crippen LogP contribution in [0.5, 0.6) is 5.75 Å². The van der Waals surface area contributed by atoms with Gasteiger partial charge >= 0.3 is 0 Å². The van der Waals surface area contributed by atoms with Crippen LogP contribution in [0.4, 0.5) is 10.1 Å². The molecule has 0 heterocycles. The molecule has 23 heavy (non-hydrogen) atoms. The summed E-state index contributed by atoms with van der Waals surface area (Å²) >= 11 is 0. The van der Waals surface area contributed by atoms with Crippen LogP contribution in [-0.2, 0) is 4.79 Å². The summed E-state index contributed by atoms with van der Waals surface area (Å²) in [5, 5.41) is 11.8. The van der Waals surface area contributed by atoms with Gasteiger partial charge in [0.1, 0.15) is 23.2 Å². The van der Waals surface area contributed by atoms with Gasteiger partial charge in [0.2, 0.25) is 0 Å². The minimum absolute atomic E-state index is 0.0681. The lowest BCUT2D eigenvalue weighted by atomic mass is 10.1. The van der Waals surface area contributed by atoms with Crippen molar-refractivity contribution < 1.29 is 13.9 Å². The van der Waals surface area contributed by atoms with Gasteiger partial charge in [-0.1, -0.05) is 18.2 Å². The predicted octanol–water partition coefficient (Wildman–Crippen LogP) is 3.77. The molecular weight excluding hydrogens is 295 g/mol. The third kappa shape index (κ3) is 4.42. The van der Waals surface area contributed by atoms with E-state index >= 15 is 0 Å². The van der Waals surface area contributed by atoms with Gasteiger partial charge in [0, 0.05) is 11.3 Å². The standard InChI is InChI=1S/C18H15FN2O2/c1-2-23-17-6-4-3-5-13(17)11-14(12-20)18(22)21-16-9-7-15(19)8-10-16/h3-11H,2H2,1H3,(H,21,22)/b14-11+. The van der Waals surface area contributed by atoms with E-state index in [0.717, 1.165) is 0 Å². The molecule has 5 heteroatoms. The molecule has 0 aliphatic heterocycles. The van der Waals surface area contributed by atoms with Gasteiger partial charge in [0.25, 0.3) is 5.91 Å². The topological polar surface area (TPSA) is 62.1 Å². The first-order valence-corrected chi connectivity index (χ1v) is 7.04. The highest BCUT2D eigenvalue weighted by atomic mass is 19.1. The van der Waals surface area contributed by atoms with Crippen molar-refractivity contribution in [2.45, 2.75) is 6.92 Å². The smallest absolute Gasteiger partial charge is 0.266 e. The first-order chi connectivity index (χ1) is 11.1. The summed E-state index contributed by atoms with van der Waals surface area (Å²) in [6, 6.07) is 14.3. The molecule has 4 nitrogen and oxygen atoms in total. The summed E-state index contributed by atoms with van der Waals surface area (Å²) in [7, 11) is 0. The van der Waals surface area contributed by atoms with Crippen LogP contribution in [0.15, 0.2) is 54.1 Å². The number of hydrogen-bond acceptors (Lipinski definition) is 3. The Labute approximate surface area is 133 Å². The van der Waals surface area contributed by atoms with Crippen molar-refractivity contribution in [3.63, 3.8) is 0 Å². The molecule has 0 bridgehead atoms. The second-order valence-corrected chi connectivity index (χ2v) is 4.60. The van der Waals surface area contributed by atoms with Gasteiger partial charge in [-0.3, -0.25) is 4.79 Å². The van der Waals surface area contributed by atoms with Crippen molar-refractivity contribution in [1.82, 2.24) is 0 Å². The van der Waals surface area contributed by atoms with E-state index in [4.69, 9.17) is 4.74 Å². The van der Waals surface area contributed by atoms with Crippen molar-refractivity contribution in [3.05, 3.63) is 65.5 Å². The second-order valence-electron chi connectivity index (χ2n) is 4.60. The highest BCUT2D eigenvalue weighted by molar-refractivity contribution is 6.09. The van der Waals surface area contributed by atoms with E-state index in [1.54, 1.807) is 18.2 Å². The van der Waals surface area contributed by atoms with Crippen molar-refractivity contribution in [1.29, 1.82) is 5.26 Å². The molecule has 0 aliphatic carbocycles. The molecule has 1 amide bonds. The van der Waals surface area contributed by atoms with Gasteiger partial charge in [-0.25, -0.2) is 4.39 Å². The molecule has 2 aromatic carbocycles. The summed E-state index contributed by atoms with van der Waals surface area (Å²) in [6.07, 6.45) is 1.46. The Morgan fingerprint density at radius 2 is 1.96 bits per heavy atom. The van der Waals surface area contributed by atoms with Crippen LogP contribution in [0.25, 0.3) is 6.08 Å². The van der Waals surface area contributed by atoms with Crippen LogP contribution < -0.4 is 10.1 Å². The van der Waals surface area contributed by atoms with Crippen molar-refractivity contribution in [3.8, 4) is 11.8 Å². The number of nitrogens with one attached hydrogen (secondary N) is 1. The normalized spacial score (nSPS) is 10.7. The van der Waals surface area contributed by atoms with E-state index < -0.39 is 11.7 Å². The molecule has 2 rings (SSSR count). The number of amides is 1. The van der Waals surface area contributed by atoms with Crippen molar-refractivity contribution in [2.75, 3.05) is 11.9 Å². The molecule has 0 unspecified atom stereocenters. The third-order valence-electron chi connectivity index (χ3n) is 2.99. The zero-order chi connectivity index (χ0) is 16.7. The van der Waals surface area contributed by atoms with Crippen LogP contribution in [0.2, 0.25) is 0 Å². The zero-order valence-corrected chi connectivity index (χ0v) is 12.5. The maximum absolute atomic E-state index is 12.9. The van der Waals surface area contributed by atoms with Gasteiger partial charge in [0.15, 0.2) is 0 Å². The number of benzene rings is 2. The summed E-state index contributed by atoms with van der Waals surface area (Å²) in [6.45, 7) is 2.33. The van der Waals surface area contributed by atoms with Crippen LogP contribution in [0.1, 0.15) is 12.5 Å². The number of nitrogens with zero attached hydrogens (tertiary/aromatic N) is 1. The van der Waals surface area contributed by atoms with E-state index in [0.29, 0.717) is 23.6 Å². The molecule has 0 saturated heterocycles. The van der Waals surface area contributed by atoms with Crippen LogP contribution >= 0.6 is 0 Å². The fourth-order valence-corrected chi connectivity index (χ4v) is 1.92. The lowest BCUT2D eigenvalue weighted by molar-refractivity contribution is -0.112. The van der Waals surface area contributed by atoms with Gasteiger partial charge in [0.05, 0.1) is 6.61 Å². The molecule has 0 saturated carbocycles. The van der Waals surface area contributed by atoms with E-state index in [-0.39, 0.29) is 5.57 Å². The maximum Gasteiger partial charge on any atom is 0.266 e. The summed E-state index contributed by atoms with van der Waals surface area (Å²) < 4.78 is 18.3. The molecular formula is C18H15FN2O2. The fraction of sp³-hybridized carbons (Fsp3) is 0.111. The Hall–Kier alpha value is -3.13. The quantitative estimate of drug-likeness (QED) is 0.675. The highest BCUT2D eigenvalue weighted by Gasteiger charge is 2.11. The van der Waals surface area contributed by atoms with Crippen LogP contribution in [-0.4, -0.2) is 12.5 Å². The Balaban J connectivity index is 2.23. The average molecular weight is 310 g/mol. The Bertz CT molecular complexity index is 761. The Morgan fingerprint density at radius 3 is 2.61 bits per heavy atom. The van der Waals surface area contributed by atoms with Crippen molar-refractivity contribution in [2.24, 2.45) is 0 Å². The summed E-state index contributed by atoms with van der Waals surface area (Å²) in [5.41, 5.74) is 0.984. The molecule has 0 fully saturated rings. The molecule has 0 aromatic heterocycles. The molecule has 116 valence electrons. The first-order valence-electron chi connectivity index (χ1n) is 7.04. The van der Waals surface area contributed by atoms with Gasteiger partial charge < -0.3 is 10.1 Å². The van der Waals surface area contributed by atoms with Gasteiger partial charge in [-0.05, 0) is 43.3 Å².